The predicted molar refractivity (Wildman–Crippen MR) is 112 cm³/mol. The van der Waals surface area contributed by atoms with E-state index < -0.39 is 0 Å². The Hall–Kier alpha value is -3.14. The lowest BCUT2D eigenvalue weighted by molar-refractivity contribution is -0.119. The molecule has 0 saturated heterocycles. The highest BCUT2D eigenvalue weighted by atomic mass is 16.5. The van der Waals surface area contributed by atoms with Crippen LogP contribution in [0, 0.1) is 0 Å². The number of hydrogen-bond acceptors (Lipinski definition) is 3. The highest BCUT2D eigenvalue weighted by Gasteiger charge is 2.04. The summed E-state index contributed by atoms with van der Waals surface area (Å²) in [7, 11) is 1.66. The standard InChI is InChI=1S/C24H26N2O2/c1-25-24(27)17-20-7-4-9-22(16-20)21-10-12-23(13-11-21)28-15-3-2-6-19-8-5-14-26-18-19/h4-5,7-14,16,18H,2-3,6,15,17H2,1H3,(H,25,27). The molecule has 3 aromatic rings. The fraction of sp³-hybridized carbons (Fsp3) is 0.250. The van der Waals surface area contributed by atoms with Crippen LogP contribution in [0.3, 0.4) is 0 Å². The van der Waals surface area contributed by atoms with Gasteiger partial charge in [0.2, 0.25) is 5.91 Å². The van der Waals surface area contributed by atoms with Gasteiger partial charge in [-0.2, -0.15) is 0 Å². The molecule has 0 saturated carbocycles. The number of amides is 1. The summed E-state index contributed by atoms with van der Waals surface area (Å²) in [6.45, 7) is 0.710. The Balaban J connectivity index is 1.48. The Morgan fingerprint density at radius 1 is 0.964 bits per heavy atom. The zero-order chi connectivity index (χ0) is 19.6. The Labute approximate surface area is 166 Å². The first kappa shape index (κ1) is 19.6. The molecule has 0 fully saturated rings. The molecular formula is C24H26N2O2. The van der Waals surface area contributed by atoms with Gasteiger partial charge in [0, 0.05) is 19.4 Å². The number of rotatable bonds is 9. The smallest absolute Gasteiger partial charge is 0.224 e. The SMILES string of the molecule is CNC(=O)Cc1cccc(-c2ccc(OCCCCc3cccnc3)cc2)c1. The Kier molecular flexibility index (Phi) is 7.19. The second-order valence-electron chi connectivity index (χ2n) is 6.74. The zero-order valence-electron chi connectivity index (χ0n) is 16.2. The molecule has 0 unspecified atom stereocenters. The number of aromatic nitrogens is 1. The van der Waals surface area contributed by atoms with Crippen molar-refractivity contribution < 1.29 is 9.53 Å². The lowest BCUT2D eigenvalue weighted by Crippen LogP contribution is -2.19. The van der Waals surface area contributed by atoms with E-state index >= 15 is 0 Å². The largest absolute Gasteiger partial charge is 0.494 e. The topological polar surface area (TPSA) is 51.2 Å². The van der Waals surface area contributed by atoms with E-state index in [1.54, 1.807) is 13.2 Å². The third kappa shape index (κ3) is 5.95. The number of nitrogens with one attached hydrogen (secondary N) is 1. The maximum atomic E-state index is 11.6. The van der Waals surface area contributed by atoms with Crippen LogP contribution in [0.1, 0.15) is 24.0 Å². The monoisotopic (exact) mass is 374 g/mol. The van der Waals surface area contributed by atoms with Crippen LogP contribution in [0.25, 0.3) is 11.1 Å². The molecule has 0 spiro atoms. The van der Waals surface area contributed by atoms with Gasteiger partial charge in [-0.25, -0.2) is 0 Å². The number of carbonyl (C=O) groups excluding carboxylic acids is 1. The van der Waals surface area contributed by atoms with E-state index in [9.17, 15) is 4.79 Å². The summed E-state index contributed by atoms with van der Waals surface area (Å²) in [6, 6.07) is 20.3. The summed E-state index contributed by atoms with van der Waals surface area (Å²) in [5.41, 5.74) is 4.49. The van der Waals surface area contributed by atoms with Gasteiger partial charge in [-0.05, 0) is 59.7 Å². The first-order chi connectivity index (χ1) is 13.7. The van der Waals surface area contributed by atoms with Crippen molar-refractivity contribution >= 4 is 5.91 Å². The molecule has 1 aromatic heterocycles. The molecule has 144 valence electrons. The first-order valence-electron chi connectivity index (χ1n) is 9.66. The third-order valence-electron chi connectivity index (χ3n) is 4.61. The molecule has 2 aromatic carbocycles. The molecule has 28 heavy (non-hydrogen) atoms. The number of aryl methyl sites for hydroxylation is 1. The van der Waals surface area contributed by atoms with Crippen molar-refractivity contribution in [2.45, 2.75) is 25.7 Å². The Morgan fingerprint density at radius 2 is 1.79 bits per heavy atom. The molecule has 3 rings (SSSR count). The maximum Gasteiger partial charge on any atom is 0.224 e. The van der Waals surface area contributed by atoms with Crippen LogP contribution in [0.2, 0.25) is 0 Å². The number of carbonyl (C=O) groups is 1. The lowest BCUT2D eigenvalue weighted by Gasteiger charge is -2.09. The number of nitrogens with zero attached hydrogens (tertiary/aromatic N) is 1. The molecule has 1 amide bonds. The van der Waals surface area contributed by atoms with E-state index in [-0.39, 0.29) is 5.91 Å². The summed E-state index contributed by atoms with van der Waals surface area (Å²) in [6.07, 6.45) is 7.24. The molecule has 4 nitrogen and oxygen atoms in total. The number of unbranched alkanes of at least 4 members (excludes halogenated alkanes) is 1. The molecule has 0 aliphatic heterocycles. The van der Waals surface area contributed by atoms with Crippen LogP contribution in [0.5, 0.6) is 5.75 Å². The van der Waals surface area contributed by atoms with Crippen LogP contribution < -0.4 is 10.1 Å². The minimum absolute atomic E-state index is 0.0180. The summed E-state index contributed by atoms with van der Waals surface area (Å²) < 4.78 is 5.86. The van der Waals surface area contributed by atoms with Crippen LogP contribution in [-0.2, 0) is 17.6 Å². The van der Waals surface area contributed by atoms with E-state index in [2.05, 4.69) is 40.6 Å². The molecule has 1 N–H and O–H groups in total. The first-order valence-corrected chi connectivity index (χ1v) is 9.66. The van der Waals surface area contributed by atoms with E-state index in [1.165, 1.54) is 5.56 Å². The number of pyridine rings is 1. The summed E-state index contributed by atoms with van der Waals surface area (Å²) >= 11 is 0. The van der Waals surface area contributed by atoms with Gasteiger partial charge in [-0.1, -0.05) is 42.5 Å². The number of hydrogen-bond donors (Lipinski definition) is 1. The molecule has 0 aliphatic rings. The van der Waals surface area contributed by atoms with E-state index in [0.717, 1.165) is 41.7 Å². The van der Waals surface area contributed by atoms with E-state index in [1.807, 2.05) is 36.5 Å². The van der Waals surface area contributed by atoms with Crippen molar-refractivity contribution in [3.05, 3.63) is 84.2 Å². The second-order valence-corrected chi connectivity index (χ2v) is 6.74. The predicted octanol–water partition coefficient (Wildman–Crippen LogP) is 4.44. The highest BCUT2D eigenvalue weighted by molar-refractivity contribution is 5.79. The highest BCUT2D eigenvalue weighted by Crippen LogP contribution is 2.23. The fourth-order valence-corrected chi connectivity index (χ4v) is 3.05. The quantitative estimate of drug-likeness (QED) is 0.564. The molecule has 0 aliphatic carbocycles. The van der Waals surface area contributed by atoms with Gasteiger partial charge < -0.3 is 10.1 Å². The van der Waals surface area contributed by atoms with Gasteiger partial charge in [-0.3, -0.25) is 9.78 Å². The summed E-state index contributed by atoms with van der Waals surface area (Å²) in [5.74, 6) is 0.899. The molecule has 0 radical (unpaired) electrons. The molecule has 1 heterocycles. The van der Waals surface area contributed by atoms with Crippen LogP contribution >= 0.6 is 0 Å². The Morgan fingerprint density at radius 3 is 2.54 bits per heavy atom. The van der Waals surface area contributed by atoms with Gasteiger partial charge in [0.1, 0.15) is 5.75 Å². The number of benzene rings is 2. The number of likely N-dealkylation sites (N-methyl/N-ethyl adjacent to an activating group) is 1. The molecule has 4 heteroatoms. The third-order valence-corrected chi connectivity index (χ3v) is 4.61. The lowest BCUT2D eigenvalue weighted by atomic mass is 10.0. The van der Waals surface area contributed by atoms with Crippen molar-refractivity contribution in [3.63, 3.8) is 0 Å². The van der Waals surface area contributed by atoms with Crippen LogP contribution in [-0.4, -0.2) is 24.5 Å². The van der Waals surface area contributed by atoms with E-state index in [0.29, 0.717) is 13.0 Å². The second kappa shape index (κ2) is 10.3. The van der Waals surface area contributed by atoms with Gasteiger partial charge in [0.15, 0.2) is 0 Å². The van der Waals surface area contributed by atoms with Crippen LogP contribution in [0.4, 0.5) is 0 Å². The number of ether oxygens (including phenoxy) is 1. The maximum absolute atomic E-state index is 11.6. The normalized spacial score (nSPS) is 10.5. The van der Waals surface area contributed by atoms with Crippen molar-refractivity contribution in [1.29, 1.82) is 0 Å². The average Bonchev–Trinajstić information content (AvgIpc) is 2.75. The minimum Gasteiger partial charge on any atom is -0.494 e. The van der Waals surface area contributed by atoms with Gasteiger partial charge in [0.25, 0.3) is 0 Å². The minimum atomic E-state index is 0.0180. The van der Waals surface area contributed by atoms with Crippen molar-refractivity contribution in [3.8, 4) is 16.9 Å². The van der Waals surface area contributed by atoms with Crippen molar-refractivity contribution in [1.82, 2.24) is 10.3 Å². The average molecular weight is 374 g/mol. The molecule has 0 bridgehead atoms. The van der Waals surface area contributed by atoms with Gasteiger partial charge in [-0.15, -0.1) is 0 Å². The summed E-state index contributed by atoms with van der Waals surface area (Å²) in [4.78, 5) is 15.7. The molecule has 0 atom stereocenters. The molecular weight excluding hydrogens is 348 g/mol. The van der Waals surface area contributed by atoms with E-state index in [4.69, 9.17) is 4.74 Å². The summed E-state index contributed by atoms with van der Waals surface area (Å²) in [5, 5.41) is 2.66. The van der Waals surface area contributed by atoms with Gasteiger partial charge >= 0.3 is 0 Å². The van der Waals surface area contributed by atoms with Crippen molar-refractivity contribution in [2.24, 2.45) is 0 Å². The zero-order valence-corrected chi connectivity index (χ0v) is 16.2. The van der Waals surface area contributed by atoms with Crippen LogP contribution in [0.15, 0.2) is 73.1 Å². The Bertz CT molecular complexity index is 877. The van der Waals surface area contributed by atoms with Gasteiger partial charge in [0.05, 0.1) is 13.0 Å². The van der Waals surface area contributed by atoms with Crippen molar-refractivity contribution in [2.75, 3.05) is 13.7 Å². The fourth-order valence-electron chi connectivity index (χ4n) is 3.05.